The lowest BCUT2D eigenvalue weighted by molar-refractivity contribution is -0.132. The van der Waals surface area contributed by atoms with Crippen molar-refractivity contribution in [2.24, 2.45) is 0 Å². The third-order valence-corrected chi connectivity index (χ3v) is 5.46. The lowest BCUT2D eigenvalue weighted by Gasteiger charge is -2.34. The molecule has 0 spiro atoms. The molecule has 1 atom stereocenters. The van der Waals surface area contributed by atoms with Gasteiger partial charge in [0.2, 0.25) is 15.9 Å². The number of nitrogens with one attached hydrogen (secondary N) is 2. The first kappa shape index (κ1) is 23.5. The SMILES string of the molecule is CCOc1ccc(S(=O)(=O)NCC(=O)N2CCNC[C@@H]2C)cc1OCC.Cl. The molecule has 0 saturated carbocycles. The van der Waals surface area contributed by atoms with Gasteiger partial charge in [0.25, 0.3) is 0 Å². The molecule has 27 heavy (non-hydrogen) atoms. The van der Waals surface area contributed by atoms with Gasteiger partial charge in [-0.2, -0.15) is 0 Å². The first-order valence-corrected chi connectivity index (χ1v) is 10.3. The predicted molar refractivity (Wildman–Crippen MR) is 105 cm³/mol. The number of benzene rings is 1. The number of piperazine rings is 1. The second-order valence-corrected chi connectivity index (χ2v) is 7.71. The fraction of sp³-hybridized carbons (Fsp3) is 0.588. The summed E-state index contributed by atoms with van der Waals surface area (Å²) in [7, 11) is -3.83. The zero-order valence-electron chi connectivity index (χ0n) is 15.9. The quantitative estimate of drug-likeness (QED) is 0.650. The van der Waals surface area contributed by atoms with Gasteiger partial charge in [0, 0.05) is 31.7 Å². The predicted octanol–water partition coefficient (Wildman–Crippen LogP) is 1.00. The van der Waals surface area contributed by atoms with Crippen molar-refractivity contribution in [3.8, 4) is 11.5 Å². The molecule has 1 saturated heterocycles. The van der Waals surface area contributed by atoms with Gasteiger partial charge < -0.3 is 19.7 Å². The Morgan fingerprint density at radius 1 is 1.26 bits per heavy atom. The van der Waals surface area contributed by atoms with Gasteiger partial charge in [-0.25, -0.2) is 13.1 Å². The van der Waals surface area contributed by atoms with Crippen molar-refractivity contribution >= 4 is 28.3 Å². The van der Waals surface area contributed by atoms with Crippen LogP contribution in [-0.4, -0.2) is 64.7 Å². The van der Waals surface area contributed by atoms with E-state index in [0.29, 0.717) is 44.3 Å². The number of carbonyl (C=O) groups is 1. The van der Waals surface area contributed by atoms with Gasteiger partial charge in [-0.15, -0.1) is 12.4 Å². The van der Waals surface area contributed by atoms with Gasteiger partial charge in [-0.05, 0) is 32.9 Å². The maximum absolute atomic E-state index is 12.5. The van der Waals surface area contributed by atoms with E-state index in [-0.39, 0.29) is 35.8 Å². The van der Waals surface area contributed by atoms with Crippen LogP contribution in [0.1, 0.15) is 20.8 Å². The fourth-order valence-electron chi connectivity index (χ4n) is 2.75. The smallest absolute Gasteiger partial charge is 0.241 e. The molecule has 1 heterocycles. The number of rotatable bonds is 8. The zero-order chi connectivity index (χ0) is 19.2. The second kappa shape index (κ2) is 10.7. The molecule has 2 rings (SSSR count). The van der Waals surface area contributed by atoms with Crippen molar-refractivity contribution in [1.82, 2.24) is 14.9 Å². The van der Waals surface area contributed by atoms with Crippen LogP contribution in [-0.2, 0) is 14.8 Å². The van der Waals surface area contributed by atoms with Crippen molar-refractivity contribution in [3.63, 3.8) is 0 Å². The molecule has 1 fully saturated rings. The largest absolute Gasteiger partial charge is 0.490 e. The molecule has 8 nitrogen and oxygen atoms in total. The van der Waals surface area contributed by atoms with E-state index in [2.05, 4.69) is 10.0 Å². The molecule has 0 bridgehead atoms. The molecular formula is C17H28ClN3O5S. The van der Waals surface area contributed by atoms with Crippen molar-refractivity contribution in [2.75, 3.05) is 39.4 Å². The molecular weight excluding hydrogens is 394 g/mol. The fourth-order valence-corrected chi connectivity index (χ4v) is 3.74. The van der Waals surface area contributed by atoms with E-state index in [1.807, 2.05) is 20.8 Å². The van der Waals surface area contributed by atoms with E-state index < -0.39 is 10.0 Å². The minimum atomic E-state index is -3.83. The number of nitrogens with zero attached hydrogens (tertiary/aromatic N) is 1. The monoisotopic (exact) mass is 421 g/mol. The topological polar surface area (TPSA) is 97.0 Å². The molecule has 2 N–H and O–H groups in total. The summed E-state index contributed by atoms with van der Waals surface area (Å²) >= 11 is 0. The third-order valence-electron chi connectivity index (χ3n) is 4.06. The van der Waals surface area contributed by atoms with Gasteiger partial charge in [0.05, 0.1) is 24.7 Å². The number of hydrogen-bond donors (Lipinski definition) is 2. The van der Waals surface area contributed by atoms with Crippen LogP contribution in [0.15, 0.2) is 23.1 Å². The summed E-state index contributed by atoms with van der Waals surface area (Å²) in [5, 5.41) is 3.19. The summed E-state index contributed by atoms with van der Waals surface area (Å²) in [5.74, 6) is 0.608. The van der Waals surface area contributed by atoms with Crippen LogP contribution in [0.5, 0.6) is 11.5 Å². The number of amides is 1. The highest BCUT2D eigenvalue weighted by Crippen LogP contribution is 2.30. The van der Waals surface area contributed by atoms with Gasteiger partial charge in [0.1, 0.15) is 0 Å². The average Bonchev–Trinajstić information content (AvgIpc) is 2.62. The molecule has 1 aliphatic rings. The van der Waals surface area contributed by atoms with E-state index in [9.17, 15) is 13.2 Å². The Balaban J connectivity index is 0.00000364. The average molecular weight is 422 g/mol. The van der Waals surface area contributed by atoms with Crippen molar-refractivity contribution in [1.29, 1.82) is 0 Å². The van der Waals surface area contributed by atoms with Crippen LogP contribution < -0.4 is 19.5 Å². The lowest BCUT2D eigenvalue weighted by Crippen LogP contribution is -2.54. The normalized spacial score (nSPS) is 17.1. The van der Waals surface area contributed by atoms with Gasteiger partial charge in [-0.3, -0.25) is 4.79 Å². The standard InChI is InChI=1S/C17H27N3O5S.ClH/c1-4-24-15-7-6-14(10-16(15)25-5-2)26(22,23)19-12-17(21)20-9-8-18-11-13(20)3;/h6-7,10,13,18-19H,4-5,8-9,11-12H2,1-3H3;1H/t13-;/m0./s1. The molecule has 10 heteroatoms. The summed E-state index contributed by atoms with van der Waals surface area (Å²) in [6.07, 6.45) is 0. The Bertz CT molecular complexity index is 729. The van der Waals surface area contributed by atoms with Gasteiger partial charge in [-0.1, -0.05) is 0 Å². The van der Waals surface area contributed by atoms with E-state index in [0.717, 1.165) is 0 Å². The molecule has 0 aromatic heterocycles. The Morgan fingerprint density at radius 2 is 1.93 bits per heavy atom. The Morgan fingerprint density at radius 3 is 2.56 bits per heavy atom. The van der Waals surface area contributed by atoms with Crippen LogP contribution in [0.4, 0.5) is 0 Å². The highest BCUT2D eigenvalue weighted by molar-refractivity contribution is 7.89. The highest BCUT2D eigenvalue weighted by Gasteiger charge is 2.25. The third kappa shape index (κ3) is 6.24. The minimum Gasteiger partial charge on any atom is -0.490 e. The number of halogens is 1. The van der Waals surface area contributed by atoms with E-state index in [4.69, 9.17) is 9.47 Å². The zero-order valence-corrected chi connectivity index (χ0v) is 17.5. The van der Waals surface area contributed by atoms with E-state index in [1.165, 1.54) is 12.1 Å². The van der Waals surface area contributed by atoms with Crippen LogP contribution >= 0.6 is 12.4 Å². The summed E-state index contributed by atoms with van der Waals surface area (Å²) in [6, 6.07) is 4.45. The summed E-state index contributed by atoms with van der Waals surface area (Å²) in [5.41, 5.74) is 0. The lowest BCUT2D eigenvalue weighted by atomic mass is 10.2. The Hall–Kier alpha value is -1.55. The van der Waals surface area contributed by atoms with Crippen LogP contribution in [0.2, 0.25) is 0 Å². The van der Waals surface area contributed by atoms with Gasteiger partial charge >= 0.3 is 0 Å². The van der Waals surface area contributed by atoms with Crippen LogP contribution in [0.3, 0.4) is 0 Å². The molecule has 1 aromatic carbocycles. The molecule has 0 unspecified atom stereocenters. The van der Waals surface area contributed by atoms with Crippen molar-refractivity contribution in [3.05, 3.63) is 18.2 Å². The number of hydrogen-bond acceptors (Lipinski definition) is 6. The molecule has 1 aliphatic heterocycles. The maximum Gasteiger partial charge on any atom is 0.241 e. The van der Waals surface area contributed by atoms with Gasteiger partial charge in [0.15, 0.2) is 11.5 Å². The minimum absolute atomic E-state index is 0. The molecule has 1 amide bonds. The van der Waals surface area contributed by atoms with E-state index in [1.54, 1.807) is 11.0 Å². The van der Waals surface area contributed by atoms with Crippen LogP contribution in [0, 0.1) is 0 Å². The second-order valence-electron chi connectivity index (χ2n) is 5.94. The van der Waals surface area contributed by atoms with Crippen molar-refractivity contribution < 1.29 is 22.7 Å². The number of sulfonamides is 1. The number of ether oxygens (including phenoxy) is 2. The summed E-state index contributed by atoms with van der Waals surface area (Å²) in [6.45, 7) is 8.11. The van der Waals surface area contributed by atoms with Crippen LogP contribution in [0.25, 0.3) is 0 Å². The summed E-state index contributed by atoms with van der Waals surface area (Å²) in [4.78, 5) is 14.0. The maximum atomic E-state index is 12.5. The molecule has 0 radical (unpaired) electrons. The highest BCUT2D eigenvalue weighted by atomic mass is 35.5. The van der Waals surface area contributed by atoms with Crippen molar-refractivity contribution in [2.45, 2.75) is 31.7 Å². The molecule has 154 valence electrons. The molecule has 0 aliphatic carbocycles. The Labute approximate surface area is 167 Å². The summed E-state index contributed by atoms with van der Waals surface area (Å²) < 4.78 is 38.4. The van der Waals surface area contributed by atoms with E-state index >= 15 is 0 Å². The molecule has 1 aromatic rings. The number of carbonyl (C=O) groups excluding carboxylic acids is 1. The first-order valence-electron chi connectivity index (χ1n) is 8.78. The first-order chi connectivity index (χ1) is 12.4. The Kier molecular flexibility index (Phi) is 9.31.